The number of nitrogens with one attached hydrogen (secondary N) is 1. The molecule has 0 spiro atoms. The fourth-order valence-electron chi connectivity index (χ4n) is 2.35. The Labute approximate surface area is 158 Å². The van der Waals surface area contributed by atoms with E-state index in [1.807, 2.05) is 0 Å². The van der Waals surface area contributed by atoms with Gasteiger partial charge in [-0.25, -0.2) is 27.5 Å². The Morgan fingerprint density at radius 3 is 2.18 bits per heavy atom. The monoisotopic (exact) mass is 411 g/mol. The molecule has 0 aliphatic heterocycles. The zero-order valence-corrected chi connectivity index (χ0v) is 14.9. The van der Waals surface area contributed by atoms with E-state index in [4.69, 9.17) is 0 Å². The van der Waals surface area contributed by atoms with Crippen LogP contribution in [0.4, 0.5) is 17.6 Å². The van der Waals surface area contributed by atoms with Gasteiger partial charge >= 0.3 is 6.18 Å². The van der Waals surface area contributed by atoms with E-state index >= 15 is 0 Å². The minimum absolute atomic E-state index is 0.194. The molecule has 3 rings (SSSR count). The Hall–Kier alpha value is -2.85. The summed E-state index contributed by atoms with van der Waals surface area (Å²) in [6, 6.07) is 10.3. The average molecular weight is 411 g/mol. The number of rotatable bonds is 5. The second-order valence-corrected chi connectivity index (χ2v) is 7.52. The predicted molar refractivity (Wildman–Crippen MR) is 92.9 cm³/mol. The van der Waals surface area contributed by atoms with Gasteiger partial charge in [0.05, 0.1) is 28.4 Å². The maximum Gasteiger partial charge on any atom is 0.416 e. The molecule has 0 amide bonds. The van der Waals surface area contributed by atoms with Crippen LogP contribution in [-0.2, 0) is 22.7 Å². The van der Waals surface area contributed by atoms with Crippen molar-refractivity contribution < 1.29 is 26.0 Å². The fraction of sp³-hybridized carbons (Fsp3) is 0.111. The van der Waals surface area contributed by atoms with Gasteiger partial charge < -0.3 is 0 Å². The summed E-state index contributed by atoms with van der Waals surface area (Å²) in [4.78, 5) is 7.72. The van der Waals surface area contributed by atoms with Gasteiger partial charge in [0.15, 0.2) is 0 Å². The predicted octanol–water partition coefficient (Wildman–Crippen LogP) is 3.78. The molecule has 0 saturated carbocycles. The highest BCUT2D eigenvalue weighted by Crippen LogP contribution is 2.29. The highest BCUT2D eigenvalue weighted by Gasteiger charge is 2.30. The summed E-state index contributed by atoms with van der Waals surface area (Å²) in [6.07, 6.45) is -3.31. The molecule has 5 nitrogen and oxygen atoms in total. The van der Waals surface area contributed by atoms with E-state index in [1.165, 1.54) is 36.7 Å². The molecule has 1 N–H and O–H groups in total. The topological polar surface area (TPSA) is 72.0 Å². The van der Waals surface area contributed by atoms with Crippen LogP contribution >= 0.6 is 0 Å². The molecule has 0 unspecified atom stereocenters. The number of halogens is 4. The molecule has 2 aromatic carbocycles. The van der Waals surface area contributed by atoms with Gasteiger partial charge in [-0.1, -0.05) is 0 Å². The van der Waals surface area contributed by atoms with Crippen molar-refractivity contribution in [2.75, 3.05) is 0 Å². The lowest BCUT2D eigenvalue weighted by Gasteiger charge is -2.09. The van der Waals surface area contributed by atoms with E-state index in [1.54, 1.807) is 0 Å². The van der Waals surface area contributed by atoms with Crippen molar-refractivity contribution in [2.24, 2.45) is 0 Å². The number of sulfonamides is 1. The molecule has 0 saturated heterocycles. The molecule has 0 bridgehead atoms. The molecular weight excluding hydrogens is 398 g/mol. The summed E-state index contributed by atoms with van der Waals surface area (Å²) in [5.41, 5.74) is 0.491. The van der Waals surface area contributed by atoms with Crippen molar-refractivity contribution in [1.82, 2.24) is 14.7 Å². The van der Waals surface area contributed by atoms with Crippen LogP contribution < -0.4 is 4.72 Å². The third kappa shape index (κ3) is 4.70. The number of alkyl halides is 3. The highest BCUT2D eigenvalue weighted by atomic mass is 32.2. The summed E-state index contributed by atoms with van der Waals surface area (Å²) in [5.74, 6) is -0.401. The Morgan fingerprint density at radius 1 is 0.929 bits per heavy atom. The lowest BCUT2D eigenvalue weighted by Crippen LogP contribution is -2.24. The first-order valence-corrected chi connectivity index (χ1v) is 9.37. The largest absolute Gasteiger partial charge is 0.416 e. The Bertz CT molecular complexity index is 1070. The van der Waals surface area contributed by atoms with E-state index in [9.17, 15) is 26.0 Å². The van der Waals surface area contributed by atoms with E-state index < -0.39 is 27.6 Å². The molecule has 0 fully saturated rings. The second-order valence-electron chi connectivity index (χ2n) is 5.75. The van der Waals surface area contributed by atoms with E-state index in [0.29, 0.717) is 29.1 Å². The summed E-state index contributed by atoms with van der Waals surface area (Å²) >= 11 is 0. The van der Waals surface area contributed by atoms with Crippen LogP contribution in [0.15, 0.2) is 65.8 Å². The SMILES string of the molecule is O=S(=O)(NCc1cc(-c2ccc(F)cc2)ncn1)c1ccc(C(F)(F)F)cc1. The first kappa shape index (κ1) is 19.9. The minimum atomic E-state index is -4.55. The number of nitrogens with zero attached hydrogens (tertiary/aromatic N) is 2. The van der Waals surface area contributed by atoms with Crippen molar-refractivity contribution in [3.05, 3.63) is 78.0 Å². The van der Waals surface area contributed by atoms with Gasteiger partial charge in [-0.05, 0) is 54.6 Å². The van der Waals surface area contributed by atoms with Gasteiger partial charge in [0, 0.05) is 5.56 Å². The van der Waals surface area contributed by atoms with Crippen molar-refractivity contribution in [3.8, 4) is 11.3 Å². The molecule has 0 radical (unpaired) electrons. The third-order valence-corrected chi connectivity index (χ3v) is 5.22. The highest BCUT2D eigenvalue weighted by molar-refractivity contribution is 7.89. The number of benzene rings is 2. The van der Waals surface area contributed by atoms with Crippen LogP contribution in [0.25, 0.3) is 11.3 Å². The molecule has 146 valence electrons. The van der Waals surface area contributed by atoms with Crippen LogP contribution in [0.2, 0.25) is 0 Å². The second kappa shape index (κ2) is 7.64. The lowest BCUT2D eigenvalue weighted by molar-refractivity contribution is -0.137. The van der Waals surface area contributed by atoms with E-state index in [-0.39, 0.29) is 11.4 Å². The first-order chi connectivity index (χ1) is 13.1. The van der Waals surface area contributed by atoms with Gasteiger partial charge in [0.25, 0.3) is 0 Å². The smallest absolute Gasteiger partial charge is 0.240 e. The molecule has 1 aromatic heterocycles. The fourth-order valence-corrected chi connectivity index (χ4v) is 3.35. The van der Waals surface area contributed by atoms with E-state index in [2.05, 4.69) is 14.7 Å². The molecule has 3 aromatic rings. The minimum Gasteiger partial charge on any atom is -0.240 e. The maximum absolute atomic E-state index is 13.0. The van der Waals surface area contributed by atoms with Crippen molar-refractivity contribution in [3.63, 3.8) is 0 Å². The Morgan fingerprint density at radius 2 is 1.57 bits per heavy atom. The van der Waals surface area contributed by atoms with Gasteiger partial charge in [-0.15, -0.1) is 0 Å². The van der Waals surface area contributed by atoms with Crippen LogP contribution in [0.1, 0.15) is 11.3 Å². The molecule has 28 heavy (non-hydrogen) atoms. The van der Waals surface area contributed by atoms with Crippen molar-refractivity contribution in [1.29, 1.82) is 0 Å². The quantitative estimate of drug-likeness (QED) is 0.649. The standard InChI is InChI=1S/C18H13F4N3O2S/c19-14-5-1-12(2-6-14)17-9-15(23-11-24-17)10-25-28(26,27)16-7-3-13(4-8-16)18(20,21)22/h1-9,11,25H,10H2. The van der Waals surface area contributed by atoms with Gasteiger partial charge in [-0.2, -0.15) is 13.2 Å². The van der Waals surface area contributed by atoms with Gasteiger partial charge in [-0.3, -0.25) is 0 Å². The van der Waals surface area contributed by atoms with Crippen molar-refractivity contribution >= 4 is 10.0 Å². The molecule has 10 heteroatoms. The summed E-state index contributed by atoms with van der Waals surface area (Å²) in [5, 5.41) is 0. The van der Waals surface area contributed by atoms with Crippen molar-refractivity contribution in [2.45, 2.75) is 17.6 Å². The lowest BCUT2D eigenvalue weighted by atomic mass is 10.1. The molecule has 0 aliphatic rings. The normalized spacial score (nSPS) is 12.1. The third-order valence-electron chi connectivity index (χ3n) is 3.80. The summed E-state index contributed by atoms with van der Waals surface area (Å²) in [7, 11) is -4.03. The van der Waals surface area contributed by atoms with Crippen LogP contribution in [-0.4, -0.2) is 18.4 Å². The van der Waals surface area contributed by atoms with Crippen LogP contribution in [0.3, 0.4) is 0 Å². The number of hydrogen-bond acceptors (Lipinski definition) is 4. The zero-order chi connectivity index (χ0) is 20.4. The van der Waals surface area contributed by atoms with Crippen LogP contribution in [0, 0.1) is 5.82 Å². The van der Waals surface area contributed by atoms with Gasteiger partial charge in [0.1, 0.15) is 12.1 Å². The average Bonchev–Trinajstić information content (AvgIpc) is 2.67. The number of aromatic nitrogens is 2. The summed E-state index contributed by atoms with van der Waals surface area (Å²) < 4.78 is 77.6. The van der Waals surface area contributed by atoms with E-state index in [0.717, 1.165) is 12.1 Å². The first-order valence-electron chi connectivity index (χ1n) is 7.89. The molecule has 1 heterocycles. The molecule has 0 aliphatic carbocycles. The molecule has 0 atom stereocenters. The Balaban J connectivity index is 1.74. The maximum atomic E-state index is 13.0. The number of hydrogen-bond donors (Lipinski definition) is 1. The summed E-state index contributed by atoms with van der Waals surface area (Å²) in [6.45, 7) is -0.194. The molecular formula is C18H13F4N3O2S. The van der Waals surface area contributed by atoms with Crippen LogP contribution in [0.5, 0.6) is 0 Å². The Kier molecular flexibility index (Phi) is 5.43. The van der Waals surface area contributed by atoms with Gasteiger partial charge in [0.2, 0.25) is 10.0 Å². The zero-order valence-electron chi connectivity index (χ0n) is 14.1.